The van der Waals surface area contributed by atoms with E-state index in [9.17, 15) is 4.79 Å². The van der Waals surface area contributed by atoms with E-state index in [1.807, 2.05) is 36.4 Å². The number of carbonyl (C=O) groups excluding carboxylic acids is 1. The Morgan fingerprint density at radius 3 is 2.82 bits per heavy atom. The molecule has 34 heavy (non-hydrogen) atoms. The Hall–Kier alpha value is -4.45. The lowest BCUT2D eigenvalue weighted by molar-refractivity contribution is -0.123. The average Bonchev–Trinajstić information content (AvgIpc) is 3.20. The van der Waals surface area contributed by atoms with Gasteiger partial charge in [-0.3, -0.25) is 9.78 Å². The normalized spacial score (nSPS) is 11.3. The number of hydrazone groups is 1. The number of fused-ring (bicyclic) bond motifs is 2. The van der Waals surface area contributed by atoms with Crippen LogP contribution in [0.1, 0.15) is 16.7 Å². The van der Waals surface area contributed by atoms with Crippen molar-refractivity contribution in [3.8, 4) is 5.75 Å². The summed E-state index contributed by atoms with van der Waals surface area (Å²) in [6, 6.07) is 26.1. The molecule has 0 saturated heterocycles. The van der Waals surface area contributed by atoms with Crippen molar-refractivity contribution >= 4 is 33.9 Å². The molecule has 0 aliphatic carbocycles. The highest BCUT2D eigenvalue weighted by molar-refractivity contribution is 5.99. The Labute approximate surface area is 197 Å². The monoisotopic (exact) mass is 448 g/mol. The molecule has 0 aliphatic rings. The maximum absolute atomic E-state index is 12.3. The number of hydrogen-bond donors (Lipinski definition) is 1. The van der Waals surface area contributed by atoms with Crippen molar-refractivity contribution in [2.24, 2.45) is 5.10 Å². The Kier molecular flexibility index (Phi) is 6.03. The lowest BCUT2D eigenvalue weighted by Crippen LogP contribution is -2.24. The maximum atomic E-state index is 12.3. The summed E-state index contributed by atoms with van der Waals surface area (Å²) in [5.41, 5.74) is 7.80. The van der Waals surface area contributed by atoms with Gasteiger partial charge < -0.3 is 9.30 Å². The number of benzene rings is 3. The smallest absolute Gasteiger partial charge is 0.277 e. The predicted molar refractivity (Wildman–Crippen MR) is 135 cm³/mol. The van der Waals surface area contributed by atoms with Gasteiger partial charge in [-0.15, -0.1) is 0 Å². The SMILES string of the molecule is Cc1cccc(Cn2cc(/C=N\NC(=O)COc3cccc4cccnc34)c3ccccc32)c1. The fourth-order valence-electron chi connectivity index (χ4n) is 4.06. The summed E-state index contributed by atoms with van der Waals surface area (Å²) in [7, 11) is 0. The van der Waals surface area contributed by atoms with Gasteiger partial charge in [0, 0.05) is 40.8 Å². The topological polar surface area (TPSA) is 68.5 Å². The summed E-state index contributed by atoms with van der Waals surface area (Å²) in [5, 5.41) is 6.20. The number of nitrogens with zero attached hydrogens (tertiary/aromatic N) is 3. The van der Waals surface area contributed by atoms with Crippen LogP contribution in [0.2, 0.25) is 0 Å². The molecule has 0 bridgehead atoms. The number of aryl methyl sites for hydroxylation is 1. The highest BCUT2D eigenvalue weighted by Crippen LogP contribution is 2.23. The molecule has 0 fully saturated rings. The lowest BCUT2D eigenvalue weighted by Gasteiger charge is -2.07. The molecule has 168 valence electrons. The van der Waals surface area contributed by atoms with E-state index in [1.165, 1.54) is 11.1 Å². The summed E-state index contributed by atoms with van der Waals surface area (Å²) in [6.45, 7) is 2.70. The van der Waals surface area contributed by atoms with Gasteiger partial charge in [0.15, 0.2) is 6.61 Å². The van der Waals surface area contributed by atoms with Crippen LogP contribution in [0.5, 0.6) is 5.75 Å². The van der Waals surface area contributed by atoms with Crippen LogP contribution >= 0.6 is 0 Å². The van der Waals surface area contributed by atoms with Crippen molar-refractivity contribution < 1.29 is 9.53 Å². The number of hydrogen-bond acceptors (Lipinski definition) is 4. The van der Waals surface area contributed by atoms with Gasteiger partial charge in [0.1, 0.15) is 11.3 Å². The fourth-order valence-corrected chi connectivity index (χ4v) is 4.06. The molecule has 0 unspecified atom stereocenters. The largest absolute Gasteiger partial charge is 0.481 e. The van der Waals surface area contributed by atoms with Gasteiger partial charge >= 0.3 is 0 Å². The molecule has 6 nitrogen and oxygen atoms in total. The molecular weight excluding hydrogens is 424 g/mol. The van der Waals surface area contributed by atoms with E-state index >= 15 is 0 Å². The minimum absolute atomic E-state index is 0.151. The summed E-state index contributed by atoms with van der Waals surface area (Å²) >= 11 is 0. The van der Waals surface area contributed by atoms with Crippen molar-refractivity contribution in [3.05, 3.63) is 108 Å². The van der Waals surface area contributed by atoms with Gasteiger partial charge in [0.05, 0.1) is 6.21 Å². The summed E-state index contributed by atoms with van der Waals surface area (Å²) in [5.74, 6) is 0.226. The quantitative estimate of drug-likeness (QED) is 0.279. The molecule has 0 atom stereocenters. The zero-order valence-electron chi connectivity index (χ0n) is 18.8. The molecule has 1 amide bonds. The summed E-state index contributed by atoms with van der Waals surface area (Å²) < 4.78 is 7.88. The van der Waals surface area contributed by atoms with Gasteiger partial charge in [-0.2, -0.15) is 5.10 Å². The zero-order valence-corrected chi connectivity index (χ0v) is 18.8. The Bertz CT molecular complexity index is 1500. The number of para-hydroxylation sites is 2. The Morgan fingerprint density at radius 1 is 1.06 bits per heavy atom. The van der Waals surface area contributed by atoms with Gasteiger partial charge in [-0.05, 0) is 30.7 Å². The van der Waals surface area contributed by atoms with E-state index in [2.05, 4.69) is 69.6 Å². The van der Waals surface area contributed by atoms with Crippen LogP contribution in [0.25, 0.3) is 21.8 Å². The minimum atomic E-state index is -0.340. The van der Waals surface area contributed by atoms with Crippen molar-refractivity contribution in [3.63, 3.8) is 0 Å². The molecule has 0 spiro atoms. The first kappa shape index (κ1) is 21.4. The molecule has 5 rings (SSSR count). The highest BCUT2D eigenvalue weighted by Gasteiger charge is 2.09. The molecule has 3 aromatic carbocycles. The van der Waals surface area contributed by atoms with E-state index in [1.54, 1.807) is 18.5 Å². The van der Waals surface area contributed by atoms with Crippen molar-refractivity contribution in [1.29, 1.82) is 0 Å². The molecule has 0 aliphatic heterocycles. The van der Waals surface area contributed by atoms with Crippen molar-refractivity contribution in [2.45, 2.75) is 13.5 Å². The van der Waals surface area contributed by atoms with Gasteiger partial charge in [0.25, 0.3) is 5.91 Å². The fraction of sp³-hybridized carbons (Fsp3) is 0.107. The number of amides is 1. The maximum Gasteiger partial charge on any atom is 0.277 e. The van der Waals surface area contributed by atoms with Crippen LogP contribution in [-0.4, -0.2) is 28.3 Å². The first-order valence-corrected chi connectivity index (χ1v) is 11.1. The molecular formula is C28H24N4O2. The second-order valence-corrected chi connectivity index (χ2v) is 8.13. The zero-order chi connectivity index (χ0) is 23.3. The van der Waals surface area contributed by atoms with Crippen LogP contribution < -0.4 is 10.2 Å². The van der Waals surface area contributed by atoms with E-state index in [4.69, 9.17) is 4.74 Å². The number of ether oxygens (including phenoxy) is 1. The third-order valence-electron chi connectivity index (χ3n) is 5.60. The molecule has 0 saturated carbocycles. The lowest BCUT2D eigenvalue weighted by atomic mass is 10.1. The number of aromatic nitrogens is 2. The van der Waals surface area contributed by atoms with Gasteiger partial charge in [-0.25, -0.2) is 5.43 Å². The number of nitrogens with one attached hydrogen (secondary N) is 1. The van der Waals surface area contributed by atoms with E-state index < -0.39 is 0 Å². The molecule has 0 radical (unpaired) electrons. The molecule has 2 heterocycles. The number of pyridine rings is 1. The predicted octanol–water partition coefficient (Wildman–Crippen LogP) is 5.08. The van der Waals surface area contributed by atoms with Crippen LogP contribution in [0, 0.1) is 6.92 Å². The third kappa shape index (κ3) is 4.66. The van der Waals surface area contributed by atoms with E-state index in [-0.39, 0.29) is 12.5 Å². The van der Waals surface area contributed by atoms with Crippen LogP contribution in [-0.2, 0) is 11.3 Å². The minimum Gasteiger partial charge on any atom is -0.481 e. The summed E-state index contributed by atoms with van der Waals surface area (Å²) in [4.78, 5) is 16.6. The van der Waals surface area contributed by atoms with Crippen LogP contribution in [0.15, 0.2) is 96.4 Å². The Morgan fingerprint density at radius 2 is 1.91 bits per heavy atom. The van der Waals surface area contributed by atoms with Crippen LogP contribution in [0.4, 0.5) is 0 Å². The second-order valence-electron chi connectivity index (χ2n) is 8.13. The standard InChI is InChI=1S/C28H24N4O2/c1-20-7-4-8-21(15-20)17-32-18-23(24-11-2-3-12-25(24)32)16-30-31-27(33)19-34-26-13-5-9-22-10-6-14-29-28(22)26/h2-16,18H,17,19H2,1H3,(H,31,33)/b30-16-. The first-order chi connectivity index (χ1) is 16.7. The van der Waals surface area contributed by atoms with E-state index in [0.717, 1.165) is 33.9 Å². The molecule has 1 N–H and O–H groups in total. The van der Waals surface area contributed by atoms with Gasteiger partial charge in [-0.1, -0.05) is 66.2 Å². The molecule has 2 aromatic heterocycles. The third-order valence-corrected chi connectivity index (χ3v) is 5.60. The molecule has 6 heteroatoms. The second kappa shape index (κ2) is 9.58. The van der Waals surface area contributed by atoms with Crippen molar-refractivity contribution in [2.75, 3.05) is 6.61 Å². The van der Waals surface area contributed by atoms with E-state index in [0.29, 0.717) is 5.75 Å². The number of carbonyl (C=O) groups is 1. The van der Waals surface area contributed by atoms with Crippen molar-refractivity contribution in [1.82, 2.24) is 15.0 Å². The Balaban J connectivity index is 1.27. The summed E-state index contributed by atoms with van der Waals surface area (Å²) in [6.07, 6.45) is 5.43. The average molecular weight is 449 g/mol. The number of rotatable bonds is 7. The first-order valence-electron chi connectivity index (χ1n) is 11.1. The molecule has 5 aromatic rings. The van der Waals surface area contributed by atoms with Crippen LogP contribution in [0.3, 0.4) is 0 Å². The highest BCUT2D eigenvalue weighted by atomic mass is 16.5. The van der Waals surface area contributed by atoms with Gasteiger partial charge in [0.2, 0.25) is 0 Å².